The van der Waals surface area contributed by atoms with Crippen molar-refractivity contribution in [3.63, 3.8) is 0 Å². The van der Waals surface area contributed by atoms with Crippen molar-refractivity contribution in [1.82, 2.24) is 10.3 Å². The summed E-state index contributed by atoms with van der Waals surface area (Å²) in [5.41, 5.74) is 6.38. The van der Waals surface area contributed by atoms with E-state index in [1.165, 1.54) is 22.3 Å². The van der Waals surface area contributed by atoms with Crippen LogP contribution in [-0.4, -0.2) is 11.5 Å². The van der Waals surface area contributed by atoms with Crippen LogP contribution in [0.1, 0.15) is 42.3 Å². The molecule has 1 aromatic carbocycles. The van der Waals surface area contributed by atoms with Gasteiger partial charge in [0.05, 0.1) is 5.69 Å². The lowest BCUT2D eigenvalue weighted by Gasteiger charge is -2.10. The van der Waals surface area contributed by atoms with Crippen LogP contribution >= 0.6 is 11.3 Å². The van der Waals surface area contributed by atoms with Gasteiger partial charge in [0.15, 0.2) is 0 Å². The van der Waals surface area contributed by atoms with Gasteiger partial charge < -0.3 is 5.32 Å². The molecule has 1 heterocycles. The predicted molar refractivity (Wildman–Crippen MR) is 83.9 cm³/mol. The summed E-state index contributed by atoms with van der Waals surface area (Å²) in [6.07, 6.45) is 0. The first kappa shape index (κ1) is 14.2. The SMILES string of the molecule is CCNC(C)c1csc(-c2c(C)cc(C)cc2C)n1. The van der Waals surface area contributed by atoms with Crippen molar-refractivity contribution in [3.05, 3.63) is 39.9 Å². The zero-order valence-corrected chi connectivity index (χ0v) is 13.2. The smallest absolute Gasteiger partial charge is 0.124 e. The molecule has 1 aromatic heterocycles. The molecule has 0 saturated heterocycles. The van der Waals surface area contributed by atoms with E-state index in [1.54, 1.807) is 11.3 Å². The molecule has 0 radical (unpaired) electrons. The highest BCUT2D eigenvalue weighted by molar-refractivity contribution is 7.13. The Kier molecular flexibility index (Phi) is 4.38. The van der Waals surface area contributed by atoms with Crippen LogP contribution in [0.3, 0.4) is 0 Å². The average Bonchev–Trinajstić information content (AvgIpc) is 2.77. The molecule has 19 heavy (non-hydrogen) atoms. The Labute approximate surface area is 119 Å². The molecule has 1 atom stereocenters. The minimum absolute atomic E-state index is 0.320. The Morgan fingerprint density at radius 3 is 2.42 bits per heavy atom. The monoisotopic (exact) mass is 274 g/mol. The third-order valence-electron chi connectivity index (χ3n) is 3.37. The molecule has 2 rings (SSSR count). The summed E-state index contributed by atoms with van der Waals surface area (Å²) < 4.78 is 0. The van der Waals surface area contributed by atoms with Crippen LogP contribution in [-0.2, 0) is 0 Å². The lowest BCUT2D eigenvalue weighted by Crippen LogP contribution is -2.17. The summed E-state index contributed by atoms with van der Waals surface area (Å²) in [4.78, 5) is 4.81. The maximum atomic E-state index is 4.81. The van der Waals surface area contributed by atoms with Crippen LogP contribution in [0.4, 0.5) is 0 Å². The second-order valence-corrected chi connectivity index (χ2v) is 5.99. The Hall–Kier alpha value is -1.19. The molecule has 0 fully saturated rings. The molecule has 2 nitrogen and oxygen atoms in total. The van der Waals surface area contributed by atoms with Gasteiger partial charge in [0.1, 0.15) is 5.01 Å². The number of aromatic nitrogens is 1. The number of hydrogen-bond donors (Lipinski definition) is 1. The number of nitrogens with zero attached hydrogens (tertiary/aromatic N) is 1. The van der Waals surface area contributed by atoms with E-state index >= 15 is 0 Å². The fourth-order valence-corrected chi connectivity index (χ4v) is 3.62. The molecule has 0 saturated carbocycles. The normalized spacial score (nSPS) is 12.7. The van der Waals surface area contributed by atoms with E-state index in [0.717, 1.165) is 17.2 Å². The molecular weight excluding hydrogens is 252 g/mol. The third-order valence-corrected chi connectivity index (χ3v) is 4.24. The zero-order valence-electron chi connectivity index (χ0n) is 12.4. The van der Waals surface area contributed by atoms with Crippen LogP contribution in [0, 0.1) is 20.8 Å². The first-order valence-corrected chi connectivity index (χ1v) is 7.68. The Morgan fingerprint density at radius 1 is 1.21 bits per heavy atom. The van der Waals surface area contributed by atoms with E-state index < -0.39 is 0 Å². The van der Waals surface area contributed by atoms with E-state index in [9.17, 15) is 0 Å². The van der Waals surface area contributed by atoms with Crippen LogP contribution in [0.15, 0.2) is 17.5 Å². The standard InChI is InChI=1S/C16H22N2S/c1-6-17-13(5)14-9-19-16(18-14)15-11(3)7-10(2)8-12(15)4/h7-9,13,17H,6H2,1-5H3. The summed E-state index contributed by atoms with van der Waals surface area (Å²) >= 11 is 1.74. The van der Waals surface area contributed by atoms with Crippen molar-refractivity contribution in [1.29, 1.82) is 0 Å². The fourth-order valence-electron chi connectivity index (χ4n) is 2.53. The second-order valence-electron chi connectivity index (χ2n) is 5.13. The highest BCUT2D eigenvalue weighted by Gasteiger charge is 2.13. The highest BCUT2D eigenvalue weighted by atomic mass is 32.1. The topological polar surface area (TPSA) is 24.9 Å². The quantitative estimate of drug-likeness (QED) is 0.893. The summed E-state index contributed by atoms with van der Waals surface area (Å²) in [5.74, 6) is 0. The average molecular weight is 274 g/mol. The summed E-state index contributed by atoms with van der Waals surface area (Å²) in [7, 11) is 0. The lowest BCUT2D eigenvalue weighted by atomic mass is 10.0. The van der Waals surface area contributed by atoms with Crippen molar-refractivity contribution in [3.8, 4) is 10.6 Å². The molecule has 0 aliphatic heterocycles. The van der Waals surface area contributed by atoms with Crippen molar-refractivity contribution < 1.29 is 0 Å². The number of benzene rings is 1. The summed E-state index contributed by atoms with van der Waals surface area (Å²) in [6, 6.07) is 4.79. The van der Waals surface area contributed by atoms with Crippen LogP contribution in [0.2, 0.25) is 0 Å². The molecular formula is C16H22N2S. The number of nitrogens with one attached hydrogen (secondary N) is 1. The van der Waals surface area contributed by atoms with E-state index in [2.05, 4.69) is 57.4 Å². The van der Waals surface area contributed by atoms with Gasteiger partial charge in [-0.15, -0.1) is 11.3 Å². The number of thiazole rings is 1. The molecule has 102 valence electrons. The molecule has 0 aliphatic carbocycles. The lowest BCUT2D eigenvalue weighted by molar-refractivity contribution is 0.587. The molecule has 0 spiro atoms. The zero-order chi connectivity index (χ0) is 14.0. The number of rotatable bonds is 4. The van der Waals surface area contributed by atoms with E-state index in [0.29, 0.717) is 6.04 Å². The molecule has 3 heteroatoms. The maximum absolute atomic E-state index is 4.81. The number of hydrogen-bond acceptors (Lipinski definition) is 3. The van der Waals surface area contributed by atoms with E-state index in [-0.39, 0.29) is 0 Å². The predicted octanol–water partition coefficient (Wildman–Crippen LogP) is 4.41. The first-order chi connectivity index (χ1) is 9.02. The van der Waals surface area contributed by atoms with E-state index in [4.69, 9.17) is 4.98 Å². The minimum atomic E-state index is 0.320. The molecule has 2 aromatic rings. The Bertz CT molecular complexity index is 549. The highest BCUT2D eigenvalue weighted by Crippen LogP contribution is 2.32. The van der Waals surface area contributed by atoms with Crippen molar-refractivity contribution in [2.45, 2.75) is 40.7 Å². The van der Waals surface area contributed by atoms with E-state index in [1.807, 2.05) is 0 Å². The summed E-state index contributed by atoms with van der Waals surface area (Å²) in [6.45, 7) is 11.7. The van der Waals surface area contributed by atoms with Gasteiger partial charge in [0, 0.05) is 17.0 Å². The molecule has 0 aliphatic rings. The molecule has 0 amide bonds. The third kappa shape index (κ3) is 3.04. The van der Waals surface area contributed by atoms with Gasteiger partial charge in [-0.1, -0.05) is 24.6 Å². The summed E-state index contributed by atoms with van der Waals surface area (Å²) in [5, 5.41) is 6.71. The largest absolute Gasteiger partial charge is 0.309 e. The molecule has 1 unspecified atom stereocenters. The molecule has 0 bridgehead atoms. The van der Waals surface area contributed by atoms with Gasteiger partial charge in [-0.3, -0.25) is 0 Å². The fraction of sp³-hybridized carbons (Fsp3) is 0.438. The maximum Gasteiger partial charge on any atom is 0.124 e. The second kappa shape index (κ2) is 5.85. The van der Waals surface area contributed by atoms with Crippen molar-refractivity contribution in [2.75, 3.05) is 6.54 Å². The van der Waals surface area contributed by atoms with Gasteiger partial charge >= 0.3 is 0 Å². The van der Waals surface area contributed by atoms with Crippen LogP contribution in [0.25, 0.3) is 10.6 Å². The first-order valence-electron chi connectivity index (χ1n) is 6.80. The van der Waals surface area contributed by atoms with Gasteiger partial charge in [-0.2, -0.15) is 0 Å². The van der Waals surface area contributed by atoms with Crippen molar-refractivity contribution >= 4 is 11.3 Å². The van der Waals surface area contributed by atoms with Gasteiger partial charge in [-0.05, 0) is 45.4 Å². The van der Waals surface area contributed by atoms with Crippen LogP contribution < -0.4 is 5.32 Å². The van der Waals surface area contributed by atoms with Crippen LogP contribution in [0.5, 0.6) is 0 Å². The van der Waals surface area contributed by atoms with Gasteiger partial charge in [-0.25, -0.2) is 4.98 Å². The Balaban J connectivity index is 2.38. The van der Waals surface area contributed by atoms with Gasteiger partial charge in [0.2, 0.25) is 0 Å². The minimum Gasteiger partial charge on any atom is -0.309 e. The van der Waals surface area contributed by atoms with Crippen molar-refractivity contribution in [2.24, 2.45) is 0 Å². The Morgan fingerprint density at radius 2 is 1.84 bits per heavy atom. The number of aryl methyl sites for hydroxylation is 3. The van der Waals surface area contributed by atoms with Gasteiger partial charge in [0.25, 0.3) is 0 Å². The molecule has 1 N–H and O–H groups in total.